The van der Waals surface area contributed by atoms with Gasteiger partial charge in [-0.05, 0) is 23.5 Å². The van der Waals surface area contributed by atoms with Gasteiger partial charge in [0.05, 0.1) is 5.70 Å². The molecule has 0 bridgehead atoms. The van der Waals surface area contributed by atoms with Gasteiger partial charge in [0, 0.05) is 19.5 Å². The van der Waals surface area contributed by atoms with Crippen molar-refractivity contribution in [1.29, 1.82) is 0 Å². The van der Waals surface area contributed by atoms with Crippen molar-refractivity contribution in [3.63, 3.8) is 0 Å². The number of hydrogen-bond acceptors (Lipinski definition) is 4. The van der Waals surface area contributed by atoms with Gasteiger partial charge in [-0.2, -0.15) is 13.2 Å². The second kappa shape index (κ2) is 12.1. The van der Waals surface area contributed by atoms with Crippen molar-refractivity contribution in [3.05, 3.63) is 78.0 Å². The van der Waals surface area contributed by atoms with Crippen LogP contribution in [0.5, 0.6) is 0 Å². The highest BCUT2D eigenvalue weighted by Gasteiger charge is 2.44. The van der Waals surface area contributed by atoms with E-state index in [4.69, 9.17) is 0 Å². The van der Waals surface area contributed by atoms with Crippen molar-refractivity contribution < 1.29 is 32.3 Å². The number of nitrogens with zero attached hydrogens (tertiary/aromatic N) is 2. The Kier molecular flexibility index (Phi) is 9.08. The first-order chi connectivity index (χ1) is 17.9. The number of ketones is 1. The lowest BCUT2D eigenvalue weighted by Crippen LogP contribution is -2.56. The number of nitrogens with one attached hydrogen (secondary N) is 1. The van der Waals surface area contributed by atoms with E-state index >= 15 is 0 Å². The fourth-order valence-corrected chi connectivity index (χ4v) is 4.32. The lowest BCUT2D eigenvalue weighted by Gasteiger charge is -2.39. The van der Waals surface area contributed by atoms with Crippen LogP contribution in [0.3, 0.4) is 0 Å². The molecule has 0 spiro atoms. The lowest BCUT2D eigenvalue weighted by atomic mass is 9.97. The Morgan fingerprint density at radius 1 is 0.974 bits per heavy atom. The summed E-state index contributed by atoms with van der Waals surface area (Å²) in [4.78, 5) is 53.8. The summed E-state index contributed by atoms with van der Waals surface area (Å²) in [7, 11) is 0. The third-order valence-electron chi connectivity index (χ3n) is 6.08. The van der Waals surface area contributed by atoms with E-state index in [0.29, 0.717) is 17.5 Å². The highest BCUT2D eigenvalue weighted by molar-refractivity contribution is 6.00. The SMILES string of the molecule is CC(=O)N1C=C(c2ccccc2)N(CC(=O)N[C@@H](Cc2ccccc2)C(=O)C(F)(F)F)C(=O)[C@@H]1CC(C)C. The Hall–Kier alpha value is -3.95. The topological polar surface area (TPSA) is 86.8 Å². The molecule has 1 N–H and O–H groups in total. The van der Waals surface area contributed by atoms with E-state index in [1.165, 1.54) is 18.0 Å². The van der Waals surface area contributed by atoms with Crippen LogP contribution in [0.2, 0.25) is 0 Å². The maximum atomic E-state index is 13.6. The molecular formula is C28H30F3N3O4. The summed E-state index contributed by atoms with van der Waals surface area (Å²) < 4.78 is 40.0. The van der Waals surface area contributed by atoms with E-state index in [0.717, 1.165) is 4.90 Å². The van der Waals surface area contributed by atoms with Crippen molar-refractivity contribution in [2.75, 3.05) is 6.54 Å². The average Bonchev–Trinajstić information content (AvgIpc) is 2.85. The van der Waals surface area contributed by atoms with Gasteiger partial charge in [-0.15, -0.1) is 0 Å². The fourth-order valence-electron chi connectivity index (χ4n) is 4.32. The van der Waals surface area contributed by atoms with Crippen LogP contribution in [0, 0.1) is 5.92 Å². The van der Waals surface area contributed by atoms with Gasteiger partial charge in [0.15, 0.2) is 0 Å². The van der Waals surface area contributed by atoms with Crippen LogP contribution in [-0.2, 0) is 25.6 Å². The lowest BCUT2D eigenvalue weighted by molar-refractivity contribution is -0.173. The molecule has 38 heavy (non-hydrogen) atoms. The molecule has 1 aliphatic rings. The average molecular weight is 530 g/mol. The van der Waals surface area contributed by atoms with Crippen LogP contribution >= 0.6 is 0 Å². The molecule has 3 rings (SSSR count). The normalized spacial score (nSPS) is 16.8. The first-order valence-electron chi connectivity index (χ1n) is 12.2. The van der Waals surface area contributed by atoms with Crippen LogP contribution < -0.4 is 5.32 Å². The number of hydrogen-bond donors (Lipinski definition) is 1. The summed E-state index contributed by atoms with van der Waals surface area (Å²) >= 11 is 0. The van der Waals surface area contributed by atoms with Crippen LogP contribution in [0.4, 0.5) is 13.2 Å². The smallest absolute Gasteiger partial charge is 0.344 e. The summed E-state index contributed by atoms with van der Waals surface area (Å²) in [6.45, 7) is 4.47. The van der Waals surface area contributed by atoms with Crippen molar-refractivity contribution in [1.82, 2.24) is 15.1 Å². The molecule has 0 saturated carbocycles. The Balaban J connectivity index is 1.94. The zero-order valence-corrected chi connectivity index (χ0v) is 21.4. The van der Waals surface area contributed by atoms with Crippen molar-refractivity contribution in [3.8, 4) is 0 Å². The van der Waals surface area contributed by atoms with Gasteiger partial charge in [-0.3, -0.25) is 24.1 Å². The van der Waals surface area contributed by atoms with Gasteiger partial charge in [0.2, 0.25) is 11.8 Å². The van der Waals surface area contributed by atoms with Crippen molar-refractivity contribution in [2.24, 2.45) is 5.92 Å². The monoisotopic (exact) mass is 529 g/mol. The number of carbonyl (C=O) groups is 4. The molecule has 0 radical (unpaired) electrons. The molecule has 10 heteroatoms. The Labute approximate surface area is 219 Å². The zero-order chi connectivity index (χ0) is 28.0. The van der Waals surface area contributed by atoms with Crippen molar-refractivity contribution >= 4 is 29.2 Å². The quantitative estimate of drug-likeness (QED) is 0.533. The molecule has 1 heterocycles. The summed E-state index contributed by atoms with van der Waals surface area (Å²) in [5.41, 5.74) is 1.22. The molecule has 0 saturated heterocycles. The number of carbonyl (C=O) groups excluding carboxylic acids is 4. The van der Waals surface area contributed by atoms with Crippen LogP contribution in [0.1, 0.15) is 38.3 Å². The van der Waals surface area contributed by atoms with Crippen molar-refractivity contribution in [2.45, 2.75) is 51.9 Å². The highest BCUT2D eigenvalue weighted by Crippen LogP contribution is 2.30. The predicted molar refractivity (Wildman–Crippen MR) is 135 cm³/mol. The van der Waals surface area contributed by atoms with E-state index in [2.05, 4.69) is 5.32 Å². The third-order valence-corrected chi connectivity index (χ3v) is 6.08. The van der Waals surface area contributed by atoms with Crippen LogP contribution in [0.15, 0.2) is 66.9 Å². The number of Topliss-reactive ketones (excluding diaryl/α,β-unsaturated/α-hetero) is 1. The van der Waals surface area contributed by atoms with Gasteiger partial charge < -0.3 is 10.2 Å². The molecule has 0 aromatic heterocycles. The van der Waals surface area contributed by atoms with Gasteiger partial charge in [0.25, 0.3) is 11.7 Å². The van der Waals surface area contributed by atoms with E-state index < -0.39 is 42.4 Å². The van der Waals surface area contributed by atoms with E-state index in [1.807, 2.05) is 13.8 Å². The molecule has 0 unspecified atom stereocenters. The first kappa shape index (κ1) is 28.6. The second-order valence-electron chi connectivity index (χ2n) is 9.55. The minimum absolute atomic E-state index is 0.0350. The summed E-state index contributed by atoms with van der Waals surface area (Å²) in [5.74, 6) is -3.88. The summed E-state index contributed by atoms with van der Waals surface area (Å²) in [6, 6.07) is 13.8. The molecule has 7 nitrogen and oxygen atoms in total. The molecule has 0 aliphatic carbocycles. The van der Waals surface area contributed by atoms with Gasteiger partial charge in [0.1, 0.15) is 18.6 Å². The van der Waals surface area contributed by atoms with Gasteiger partial charge in [-0.25, -0.2) is 0 Å². The maximum Gasteiger partial charge on any atom is 0.452 e. The molecule has 1 aliphatic heterocycles. The second-order valence-corrected chi connectivity index (χ2v) is 9.55. The Morgan fingerprint density at radius 3 is 2.08 bits per heavy atom. The summed E-state index contributed by atoms with van der Waals surface area (Å²) in [6.07, 6.45) is -3.72. The zero-order valence-electron chi connectivity index (χ0n) is 21.4. The number of halogens is 3. The predicted octanol–water partition coefficient (Wildman–Crippen LogP) is 3.95. The molecule has 2 aromatic carbocycles. The molecular weight excluding hydrogens is 499 g/mol. The standard InChI is InChI=1S/C28H30F3N3O4/c1-18(2)14-23-27(38)34(24(16-33(23)19(3)35)21-12-8-5-9-13-21)17-25(36)32-22(26(37)28(29,30)31)15-20-10-6-4-7-11-20/h4-13,16,18,22-23H,14-15,17H2,1-3H3,(H,32,36)/t22-,23-/m0/s1. The van der Waals surface area contributed by atoms with Gasteiger partial charge in [-0.1, -0.05) is 74.5 Å². The molecule has 202 valence electrons. The number of rotatable bonds is 9. The first-order valence-corrected chi connectivity index (χ1v) is 12.2. The van der Waals surface area contributed by atoms with E-state index in [1.54, 1.807) is 60.7 Å². The largest absolute Gasteiger partial charge is 0.452 e. The molecule has 2 aromatic rings. The van der Waals surface area contributed by atoms with Gasteiger partial charge >= 0.3 is 6.18 Å². The number of benzene rings is 2. The molecule has 0 fully saturated rings. The number of alkyl halides is 3. The molecule has 3 amide bonds. The Bertz CT molecular complexity index is 1200. The van der Waals surface area contributed by atoms with Crippen LogP contribution in [-0.4, -0.2) is 58.1 Å². The van der Waals surface area contributed by atoms with E-state index in [-0.39, 0.29) is 23.9 Å². The highest BCUT2D eigenvalue weighted by atomic mass is 19.4. The third kappa shape index (κ3) is 7.08. The van der Waals surface area contributed by atoms with Crippen LogP contribution in [0.25, 0.3) is 5.70 Å². The Morgan fingerprint density at radius 2 is 1.55 bits per heavy atom. The summed E-state index contributed by atoms with van der Waals surface area (Å²) in [5, 5.41) is 2.19. The minimum atomic E-state index is -5.16. The number of amides is 3. The minimum Gasteiger partial charge on any atom is -0.344 e. The van der Waals surface area contributed by atoms with E-state index in [9.17, 15) is 32.3 Å². The maximum absolute atomic E-state index is 13.6. The fraction of sp³-hybridized carbons (Fsp3) is 0.357. The molecule has 2 atom stereocenters.